The highest BCUT2D eigenvalue weighted by Gasteiger charge is 2.51. The lowest BCUT2D eigenvalue weighted by Crippen LogP contribution is -2.42. The Labute approximate surface area is 88.9 Å². The number of hydrogen-bond donors (Lipinski definition) is 0. The first-order valence-corrected chi connectivity index (χ1v) is 5.23. The van der Waals surface area contributed by atoms with Gasteiger partial charge in [0.25, 0.3) is 0 Å². The van der Waals surface area contributed by atoms with Crippen LogP contribution in [0.2, 0.25) is 0 Å². The van der Waals surface area contributed by atoms with E-state index in [1.54, 1.807) is 13.8 Å². The molecule has 2 aliphatic rings. The Kier molecular flexibility index (Phi) is 2.07. The summed E-state index contributed by atoms with van der Waals surface area (Å²) in [5.41, 5.74) is -0.624. The molecule has 1 unspecified atom stereocenters. The van der Waals surface area contributed by atoms with Gasteiger partial charge in [0.15, 0.2) is 0 Å². The van der Waals surface area contributed by atoms with Crippen LogP contribution in [0.3, 0.4) is 0 Å². The molecule has 0 aromatic rings. The van der Waals surface area contributed by atoms with Gasteiger partial charge in [-0.3, -0.25) is 14.5 Å². The molecule has 1 saturated carbocycles. The van der Waals surface area contributed by atoms with Gasteiger partial charge in [0.2, 0.25) is 11.8 Å². The molecule has 0 bridgehead atoms. The molecule has 4 nitrogen and oxygen atoms in total. The van der Waals surface area contributed by atoms with Gasteiger partial charge < -0.3 is 0 Å². The summed E-state index contributed by atoms with van der Waals surface area (Å²) in [4.78, 5) is 24.8. The van der Waals surface area contributed by atoms with E-state index in [2.05, 4.69) is 6.07 Å². The number of rotatable bonds is 2. The van der Waals surface area contributed by atoms with E-state index in [-0.39, 0.29) is 24.2 Å². The molecule has 0 N–H and O–H groups in total. The maximum atomic E-state index is 11.9. The van der Waals surface area contributed by atoms with E-state index in [0.29, 0.717) is 0 Å². The maximum absolute atomic E-state index is 11.9. The van der Waals surface area contributed by atoms with E-state index in [0.717, 1.165) is 12.8 Å². The van der Waals surface area contributed by atoms with Crippen LogP contribution in [-0.4, -0.2) is 22.8 Å². The van der Waals surface area contributed by atoms with Crippen molar-refractivity contribution < 1.29 is 9.59 Å². The number of nitrogens with zero attached hydrogens (tertiary/aromatic N) is 2. The number of amides is 2. The first-order chi connectivity index (χ1) is 6.97. The smallest absolute Gasteiger partial charge is 0.236 e. The molecule has 1 saturated heterocycles. The zero-order valence-corrected chi connectivity index (χ0v) is 8.99. The van der Waals surface area contributed by atoms with Crippen molar-refractivity contribution in [3.63, 3.8) is 0 Å². The summed E-state index contributed by atoms with van der Waals surface area (Å²) in [6.45, 7) is 3.52. The molecule has 15 heavy (non-hydrogen) atoms. The summed E-state index contributed by atoms with van der Waals surface area (Å²) in [5.74, 6) is -0.161. The van der Waals surface area contributed by atoms with E-state index in [9.17, 15) is 9.59 Å². The predicted octanol–water partition coefficient (Wildman–Crippen LogP) is 1.07. The summed E-state index contributed by atoms with van der Waals surface area (Å²) in [6.07, 6.45) is 2.14. The molecule has 2 fully saturated rings. The van der Waals surface area contributed by atoms with E-state index in [4.69, 9.17) is 5.26 Å². The normalized spacial score (nSPS) is 26.6. The monoisotopic (exact) mass is 206 g/mol. The largest absolute Gasteiger partial charge is 0.274 e. The highest BCUT2D eigenvalue weighted by Crippen LogP contribution is 2.40. The second-order valence-corrected chi connectivity index (χ2v) is 5.04. The summed E-state index contributed by atoms with van der Waals surface area (Å²) >= 11 is 0. The Morgan fingerprint density at radius 1 is 1.47 bits per heavy atom. The minimum atomic E-state index is -0.624. The minimum Gasteiger partial charge on any atom is -0.274 e. The predicted molar refractivity (Wildman–Crippen MR) is 52.4 cm³/mol. The van der Waals surface area contributed by atoms with Gasteiger partial charge in [-0.05, 0) is 18.8 Å². The fourth-order valence-corrected chi connectivity index (χ4v) is 2.05. The molecule has 0 radical (unpaired) electrons. The van der Waals surface area contributed by atoms with Gasteiger partial charge in [0.05, 0.1) is 11.5 Å². The third-order valence-corrected chi connectivity index (χ3v) is 3.14. The Balaban J connectivity index is 2.25. The van der Waals surface area contributed by atoms with Crippen LogP contribution in [0.25, 0.3) is 0 Å². The van der Waals surface area contributed by atoms with Crippen molar-refractivity contribution in [1.82, 2.24) is 4.90 Å². The van der Waals surface area contributed by atoms with Crippen LogP contribution in [-0.2, 0) is 9.59 Å². The molecule has 0 aromatic heterocycles. The van der Waals surface area contributed by atoms with Gasteiger partial charge in [0, 0.05) is 6.42 Å². The second-order valence-electron chi connectivity index (χ2n) is 5.04. The van der Waals surface area contributed by atoms with Crippen molar-refractivity contribution >= 4 is 11.8 Å². The lowest BCUT2D eigenvalue weighted by Gasteiger charge is -2.22. The van der Waals surface area contributed by atoms with Crippen LogP contribution in [0, 0.1) is 22.7 Å². The standard InChI is InChI=1S/C11H14N2O2/c1-11(2)5-9(14)13(10(11)15)8(6-12)7-3-4-7/h7-8H,3-5H2,1-2H3. The Morgan fingerprint density at radius 3 is 2.40 bits per heavy atom. The number of carbonyl (C=O) groups excluding carboxylic acids is 2. The number of hydrogen-bond acceptors (Lipinski definition) is 3. The van der Waals surface area contributed by atoms with Gasteiger partial charge in [-0.1, -0.05) is 13.8 Å². The van der Waals surface area contributed by atoms with Crippen LogP contribution in [0.4, 0.5) is 0 Å². The maximum Gasteiger partial charge on any atom is 0.236 e. The summed E-state index contributed by atoms with van der Waals surface area (Å²) in [7, 11) is 0. The van der Waals surface area contributed by atoms with E-state index < -0.39 is 11.5 Å². The fourth-order valence-electron chi connectivity index (χ4n) is 2.05. The fraction of sp³-hybridized carbons (Fsp3) is 0.727. The summed E-state index contributed by atoms with van der Waals surface area (Å²) < 4.78 is 0. The molecule has 1 aliphatic heterocycles. The van der Waals surface area contributed by atoms with E-state index in [1.165, 1.54) is 4.90 Å². The average Bonchev–Trinajstić information content (AvgIpc) is 2.91. The highest BCUT2D eigenvalue weighted by atomic mass is 16.2. The molecule has 2 rings (SSSR count). The van der Waals surface area contributed by atoms with Crippen molar-refractivity contribution in [2.75, 3.05) is 0 Å². The van der Waals surface area contributed by atoms with Crippen LogP contribution in [0.1, 0.15) is 33.1 Å². The Morgan fingerprint density at radius 2 is 2.07 bits per heavy atom. The second kappa shape index (κ2) is 3.06. The van der Waals surface area contributed by atoms with Crippen LogP contribution >= 0.6 is 0 Å². The quantitative estimate of drug-likeness (QED) is 0.635. The topological polar surface area (TPSA) is 61.2 Å². The molecule has 1 atom stereocenters. The van der Waals surface area contributed by atoms with Crippen molar-refractivity contribution in [2.45, 2.75) is 39.2 Å². The van der Waals surface area contributed by atoms with Crippen LogP contribution < -0.4 is 0 Å². The summed E-state index contributed by atoms with van der Waals surface area (Å²) in [6, 6.07) is 1.57. The van der Waals surface area contributed by atoms with Crippen molar-refractivity contribution in [2.24, 2.45) is 11.3 Å². The van der Waals surface area contributed by atoms with Crippen molar-refractivity contribution in [3.8, 4) is 6.07 Å². The van der Waals surface area contributed by atoms with Crippen LogP contribution in [0.15, 0.2) is 0 Å². The third kappa shape index (κ3) is 1.52. The zero-order valence-electron chi connectivity index (χ0n) is 8.99. The number of imide groups is 1. The van der Waals surface area contributed by atoms with Gasteiger partial charge in [-0.25, -0.2) is 0 Å². The van der Waals surface area contributed by atoms with E-state index in [1.807, 2.05) is 0 Å². The Hall–Kier alpha value is -1.37. The molecular formula is C11H14N2O2. The van der Waals surface area contributed by atoms with Crippen LogP contribution in [0.5, 0.6) is 0 Å². The lowest BCUT2D eigenvalue weighted by atomic mass is 9.92. The molecule has 4 heteroatoms. The third-order valence-electron chi connectivity index (χ3n) is 3.14. The minimum absolute atomic E-state index is 0.189. The zero-order chi connectivity index (χ0) is 11.2. The first-order valence-electron chi connectivity index (χ1n) is 5.23. The molecule has 1 heterocycles. The number of likely N-dealkylation sites (tertiary alicyclic amines) is 1. The molecule has 1 aliphatic carbocycles. The number of carbonyl (C=O) groups is 2. The SMILES string of the molecule is CC1(C)CC(=O)N(C(C#N)C2CC2)C1=O. The highest BCUT2D eigenvalue weighted by molar-refractivity contribution is 6.06. The summed E-state index contributed by atoms with van der Waals surface area (Å²) in [5, 5.41) is 9.01. The molecular weight excluding hydrogens is 192 g/mol. The molecule has 0 aromatic carbocycles. The molecule has 2 amide bonds. The van der Waals surface area contributed by atoms with Crippen molar-refractivity contribution in [1.29, 1.82) is 5.26 Å². The Bertz CT molecular complexity index is 363. The molecule has 0 spiro atoms. The van der Waals surface area contributed by atoms with Gasteiger partial charge in [-0.15, -0.1) is 0 Å². The van der Waals surface area contributed by atoms with Crippen molar-refractivity contribution in [3.05, 3.63) is 0 Å². The first kappa shape index (κ1) is 10.2. The molecule has 80 valence electrons. The van der Waals surface area contributed by atoms with Gasteiger partial charge >= 0.3 is 0 Å². The number of nitriles is 1. The lowest BCUT2D eigenvalue weighted by molar-refractivity contribution is -0.142. The van der Waals surface area contributed by atoms with Gasteiger partial charge in [-0.2, -0.15) is 5.26 Å². The van der Waals surface area contributed by atoms with Gasteiger partial charge in [0.1, 0.15) is 6.04 Å². The average molecular weight is 206 g/mol. The van der Waals surface area contributed by atoms with E-state index >= 15 is 0 Å².